The number of hydrogen-bond acceptors (Lipinski definition) is 5. The van der Waals surface area contributed by atoms with Gasteiger partial charge < -0.3 is 20.9 Å². The molecular formula is C43H76N2O5. The van der Waals surface area contributed by atoms with Gasteiger partial charge in [-0.2, -0.15) is 0 Å². The quantitative estimate of drug-likeness (QED) is 0.0340. The Balaban J connectivity index is 4.45. The Kier molecular flexibility index (Phi) is 35.6. The van der Waals surface area contributed by atoms with Crippen LogP contribution in [0.2, 0.25) is 0 Å². The van der Waals surface area contributed by atoms with Crippen molar-refractivity contribution < 1.29 is 24.2 Å². The van der Waals surface area contributed by atoms with Gasteiger partial charge in [-0.15, -0.1) is 0 Å². The molecule has 0 bridgehead atoms. The third kappa shape index (κ3) is 33.8. The Labute approximate surface area is 307 Å². The number of rotatable bonds is 36. The van der Waals surface area contributed by atoms with E-state index in [1.807, 2.05) is 6.08 Å². The fourth-order valence-corrected chi connectivity index (χ4v) is 5.83. The number of ether oxygens (including phenoxy) is 1. The molecular weight excluding hydrogens is 624 g/mol. The van der Waals surface area contributed by atoms with Gasteiger partial charge in [0.2, 0.25) is 5.91 Å². The topological polar surface area (TPSA) is 119 Å². The molecule has 0 saturated carbocycles. The first-order valence-corrected chi connectivity index (χ1v) is 20.5. The minimum absolute atomic E-state index is 0.0994. The largest absolute Gasteiger partial charge is 0.480 e. The summed E-state index contributed by atoms with van der Waals surface area (Å²) in [7, 11) is 0. The average molecular weight is 701 g/mol. The predicted molar refractivity (Wildman–Crippen MR) is 211 cm³/mol. The summed E-state index contributed by atoms with van der Waals surface area (Å²) in [5, 5.41) is 11.9. The van der Waals surface area contributed by atoms with Crippen LogP contribution in [0.25, 0.3) is 0 Å². The summed E-state index contributed by atoms with van der Waals surface area (Å²) in [5.41, 5.74) is 5.47. The van der Waals surface area contributed by atoms with Crippen LogP contribution in [0.15, 0.2) is 48.6 Å². The van der Waals surface area contributed by atoms with Gasteiger partial charge in [0, 0.05) is 12.8 Å². The third-order valence-corrected chi connectivity index (χ3v) is 8.89. The van der Waals surface area contributed by atoms with E-state index in [-0.39, 0.29) is 18.0 Å². The molecule has 0 aromatic heterocycles. The summed E-state index contributed by atoms with van der Waals surface area (Å²) in [6.07, 6.45) is 44.5. The third-order valence-electron chi connectivity index (χ3n) is 8.89. The summed E-state index contributed by atoms with van der Waals surface area (Å²) in [6.45, 7) is 4.81. The van der Waals surface area contributed by atoms with Crippen molar-refractivity contribution in [2.75, 3.05) is 6.54 Å². The van der Waals surface area contributed by atoms with Crippen molar-refractivity contribution in [3.05, 3.63) is 48.6 Å². The van der Waals surface area contributed by atoms with Crippen molar-refractivity contribution in [3.63, 3.8) is 0 Å². The number of nitrogens with one attached hydrogen (secondary N) is 1. The molecule has 2 atom stereocenters. The number of amides is 1. The maximum Gasteiger partial charge on any atom is 0.326 e. The number of esters is 1. The van der Waals surface area contributed by atoms with Crippen LogP contribution in [0.5, 0.6) is 0 Å². The molecule has 7 heteroatoms. The zero-order valence-corrected chi connectivity index (χ0v) is 32.2. The molecule has 4 N–H and O–H groups in total. The number of hydrogen-bond donors (Lipinski definition) is 3. The molecule has 0 radical (unpaired) electrons. The normalized spacial score (nSPS) is 13.2. The number of carboxylic acid groups (broad SMARTS) is 1. The zero-order valence-electron chi connectivity index (χ0n) is 32.2. The van der Waals surface area contributed by atoms with Gasteiger partial charge in [-0.05, 0) is 76.8 Å². The SMILES string of the molecule is CC/C=C\C/C=C\C/C=C\C/C=C\C(CCCCCCCC(=O)NC(CCCN)C(=O)O)OC(=O)CCCCCCCCCCCCCCC. The standard InChI is InChI=1S/C43H76N2O5/c1-3-5-7-9-11-13-15-16-18-20-22-27-31-37-42(47)50-39(33-28-24-21-19-17-14-12-10-8-6-4-2)34-29-25-23-26-30-36-41(46)45-40(43(48)49)35-32-38-44/h6,8,12,14,19,21,28,33,39-40H,3-5,7,9-11,13,15-18,20,22-27,29-32,34-38,44H2,1-2H3,(H,45,46)(H,48,49)/b8-6-,14-12-,21-19-,33-28-. The zero-order chi connectivity index (χ0) is 36.8. The lowest BCUT2D eigenvalue weighted by Crippen LogP contribution is -2.40. The molecule has 2 unspecified atom stereocenters. The van der Waals surface area contributed by atoms with Gasteiger partial charge in [0.25, 0.3) is 0 Å². The lowest BCUT2D eigenvalue weighted by Gasteiger charge is -2.15. The second-order valence-electron chi connectivity index (χ2n) is 13.7. The number of aliphatic carboxylic acids is 1. The van der Waals surface area contributed by atoms with Crippen molar-refractivity contribution >= 4 is 17.8 Å². The second-order valence-corrected chi connectivity index (χ2v) is 13.7. The van der Waals surface area contributed by atoms with E-state index >= 15 is 0 Å². The Hall–Kier alpha value is -2.67. The molecule has 0 rings (SSSR count). The molecule has 0 spiro atoms. The first-order chi connectivity index (χ1) is 24.4. The average Bonchev–Trinajstić information content (AvgIpc) is 3.10. The van der Waals surface area contributed by atoms with Crippen molar-refractivity contribution in [3.8, 4) is 0 Å². The molecule has 0 heterocycles. The van der Waals surface area contributed by atoms with Gasteiger partial charge in [0.1, 0.15) is 12.1 Å². The maximum atomic E-state index is 12.7. The minimum atomic E-state index is -1.01. The van der Waals surface area contributed by atoms with Crippen LogP contribution in [0.1, 0.15) is 187 Å². The van der Waals surface area contributed by atoms with Crippen LogP contribution < -0.4 is 11.1 Å². The van der Waals surface area contributed by atoms with Crippen LogP contribution in [-0.4, -0.2) is 41.6 Å². The van der Waals surface area contributed by atoms with E-state index in [1.165, 1.54) is 70.6 Å². The molecule has 0 aliphatic carbocycles. The van der Waals surface area contributed by atoms with Crippen LogP contribution >= 0.6 is 0 Å². The highest BCUT2D eigenvalue weighted by molar-refractivity contribution is 5.83. The van der Waals surface area contributed by atoms with Crippen LogP contribution in [-0.2, 0) is 19.1 Å². The highest BCUT2D eigenvalue weighted by atomic mass is 16.5. The van der Waals surface area contributed by atoms with Gasteiger partial charge in [-0.1, -0.05) is 153 Å². The molecule has 0 aliphatic rings. The molecule has 0 aromatic rings. The molecule has 7 nitrogen and oxygen atoms in total. The monoisotopic (exact) mass is 701 g/mol. The summed E-state index contributed by atoms with van der Waals surface area (Å²) in [5.74, 6) is -1.33. The number of carbonyl (C=O) groups is 3. The molecule has 50 heavy (non-hydrogen) atoms. The molecule has 0 fully saturated rings. The second kappa shape index (κ2) is 37.6. The lowest BCUT2D eigenvalue weighted by atomic mass is 10.0. The van der Waals surface area contributed by atoms with E-state index in [1.54, 1.807) is 0 Å². The number of carbonyl (C=O) groups excluding carboxylic acids is 2. The first kappa shape index (κ1) is 47.3. The van der Waals surface area contributed by atoms with Gasteiger partial charge in [0.05, 0.1) is 0 Å². The first-order valence-electron chi connectivity index (χ1n) is 20.5. The van der Waals surface area contributed by atoms with E-state index in [0.717, 1.165) is 77.0 Å². The highest BCUT2D eigenvalue weighted by Crippen LogP contribution is 2.16. The van der Waals surface area contributed by atoms with Gasteiger partial charge in [0.15, 0.2) is 0 Å². The number of carboxylic acids is 1. The van der Waals surface area contributed by atoms with Crippen LogP contribution in [0, 0.1) is 0 Å². The Morgan fingerprint density at radius 1 is 0.600 bits per heavy atom. The Morgan fingerprint density at radius 3 is 1.60 bits per heavy atom. The Morgan fingerprint density at radius 2 is 1.08 bits per heavy atom. The lowest BCUT2D eigenvalue weighted by molar-refractivity contribution is -0.147. The van der Waals surface area contributed by atoms with E-state index in [2.05, 4.69) is 61.7 Å². The van der Waals surface area contributed by atoms with Crippen LogP contribution in [0.4, 0.5) is 0 Å². The molecule has 288 valence electrons. The van der Waals surface area contributed by atoms with Gasteiger partial charge in [-0.25, -0.2) is 4.79 Å². The number of allylic oxidation sites excluding steroid dienone is 7. The van der Waals surface area contributed by atoms with Gasteiger partial charge >= 0.3 is 11.9 Å². The highest BCUT2D eigenvalue weighted by Gasteiger charge is 2.18. The summed E-state index contributed by atoms with van der Waals surface area (Å²) < 4.78 is 5.92. The van der Waals surface area contributed by atoms with Crippen molar-refractivity contribution in [2.24, 2.45) is 5.73 Å². The molecule has 1 amide bonds. The molecule has 0 saturated heterocycles. The smallest absolute Gasteiger partial charge is 0.326 e. The Bertz CT molecular complexity index is 926. The van der Waals surface area contributed by atoms with Crippen LogP contribution in [0.3, 0.4) is 0 Å². The summed E-state index contributed by atoms with van der Waals surface area (Å²) in [6, 6.07) is -0.867. The molecule has 0 aliphatic heterocycles. The van der Waals surface area contributed by atoms with E-state index < -0.39 is 12.0 Å². The van der Waals surface area contributed by atoms with E-state index in [9.17, 15) is 19.5 Å². The molecule has 0 aromatic carbocycles. The fraction of sp³-hybridized carbons (Fsp3) is 0.744. The van der Waals surface area contributed by atoms with Crippen molar-refractivity contribution in [2.45, 2.75) is 199 Å². The van der Waals surface area contributed by atoms with Gasteiger partial charge in [-0.3, -0.25) is 9.59 Å². The number of nitrogens with two attached hydrogens (primary N) is 1. The number of unbranched alkanes of at least 4 members (excludes halogenated alkanes) is 16. The summed E-state index contributed by atoms with van der Waals surface area (Å²) in [4.78, 5) is 36.2. The minimum Gasteiger partial charge on any atom is -0.480 e. The maximum absolute atomic E-state index is 12.7. The predicted octanol–water partition coefficient (Wildman–Crippen LogP) is 11.2. The van der Waals surface area contributed by atoms with Crippen molar-refractivity contribution in [1.82, 2.24) is 5.32 Å². The summed E-state index contributed by atoms with van der Waals surface area (Å²) >= 11 is 0. The van der Waals surface area contributed by atoms with E-state index in [0.29, 0.717) is 32.2 Å². The van der Waals surface area contributed by atoms with Crippen molar-refractivity contribution in [1.29, 1.82) is 0 Å². The van der Waals surface area contributed by atoms with E-state index in [4.69, 9.17) is 10.5 Å². The fourth-order valence-electron chi connectivity index (χ4n) is 5.83.